The highest BCUT2D eigenvalue weighted by molar-refractivity contribution is 7.89. The highest BCUT2D eigenvalue weighted by atomic mass is 32.2. The Labute approximate surface area is 127 Å². The molecule has 6 heteroatoms. The first-order chi connectivity index (χ1) is 9.94. The molecule has 0 aliphatic heterocycles. The van der Waals surface area contributed by atoms with Crippen molar-refractivity contribution in [2.75, 3.05) is 19.6 Å². The van der Waals surface area contributed by atoms with Gasteiger partial charge in [0.05, 0.1) is 11.0 Å². The molecule has 1 unspecified atom stereocenters. The fourth-order valence-corrected chi connectivity index (χ4v) is 3.39. The molecule has 1 saturated carbocycles. The van der Waals surface area contributed by atoms with E-state index in [4.69, 9.17) is 0 Å². The van der Waals surface area contributed by atoms with E-state index in [2.05, 4.69) is 16.5 Å². The lowest BCUT2D eigenvalue weighted by molar-refractivity contribution is 0.199. The zero-order valence-electron chi connectivity index (χ0n) is 12.6. The van der Waals surface area contributed by atoms with Crippen molar-refractivity contribution >= 4 is 10.0 Å². The average molecular weight is 312 g/mol. The maximum Gasteiger partial charge on any atom is 0.240 e. The van der Waals surface area contributed by atoms with Crippen LogP contribution >= 0.6 is 0 Å². The topological polar surface area (TPSA) is 69.6 Å². The Morgan fingerprint density at radius 3 is 2.43 bits per heavy atom. The van der Waals surface area contributed by atoms with Crippen LogP contribution < -0.4 is 4.72 Å². The minimum atomic E-state index is -3.47. The van der Waals surface area contributed by atoms with E-state index in [9.17, 15) is 13.5 Å². The van der Waals surface area contributed by atoms with Crippen molar-refractivity contribution in [3.05, 3.63) is 29.8 Å². The molecule has 0 amide bonds. The van der Waals surface area contributed by atoms with Crippen LogP contribution in [0.3, 0.4) is 0 Å². The highest BCUT2D eigenvalue weighted by Gasteiger charge is 2.27. The van der Waals surface area contributed by atoms with Crippen molar-refractivity contribution in [2.45, 2.75) is 43.7 Å². The van der Waals surface area contributed by atoms with E-state index in [1.165, 1.54) is 25.0 Å². The second kappa shape index (κ2) is 6.87. The molecule has 1 aliphatic rings. The number of likely N-dealkylation sites (N-methyl/N-ethyl adjacent to an activating group) is 1. The Hall–Kier alpha value is -0.950. The van der Waals surface area contributed by atoms with E-state index in [1.54, 1.807) is 19.1 Å². The zero-order chi connectivity index (χ0) is 15.5. The summed E-state index contributed by atoms with van der Waals surface area (Å²) in [6.45, 7) is 5.87. The predicted molar refractivity (Wildman–Crippen MR) is 82.5 cm³/mol. The van der Waals surface area contributed by atoms with E-state index >= 15 is 0 Å². The average Bonchev–Trinajstić information content (AvgIpc) is 3.28. The Bertz CT molecular complexity index is 551. The third-order valence-electron chi connectivity index (χ3n) is 3.83. The fourth-order valence-electron chi connectivity index (χ4n) is 2.37. The summed E-state index contributed by atoms with van der Waals surface area (Å²) < 4.78 is 27.0. The zero-order valence-corrected chi connectivity index (χ0v) is 13.4. The van der Waals surface area contributed by atoms with Gasteiger partial charge in [-0.05, 0) is 44.0 Å². The monoisotopic (exact) mass is 312 g/mol. The molecule has 0 heterocycles. The van der Waals surface area contributed by atoms with E-state index in [0.717, 1.165) is 13.1 Å². The molecule has 21 heavy (non-hydrogen) atoms. The maximum atomic E-state index is 12.2. The molecule has 0 spiro atoms. The maximum absolute atomic E-state index is 12.2. The van der Waals surface area contributed by atoms with E-state index in [1.807, 2.05) is 0 Å². The number of benzene rings is 1. The van der Waals surface area contributed by atoms with Crippen LogP contribution in [-0.4, -0.2) is 44.1 Å². The van der Waals surface area contributed by atoms with Crippen LogP contribution in [0.25, 0.3) is 0 Å². The van der Waals surface area contributed by atoms with Gasteiger partial charge in [-0.15, -0.1) is 0 Å². The molecule has 1 aliphatic carbocycles. The van der Waals surface area contributed by atoms with Crippen molar-refractivity contribution in [2.24, 2.45) is 0 Å². The standard InChI is InChI=1S/C15H24N2O3S/c1-3-17(14-6-7-14)11-10-16-21(19,20)15-8-4-13(5-9-15)12(2)18/h4-5,8-9,12,14,16,18H,3,6-7,10-11H2,1-2H3. The number of hydrogen-bond donors (Lipinski definition) is 2. The van der Waals surface area contributed by atoms with Crippen LogP contribution in [-0.2, 0) is 10.0 Å². The summed E-state index contributed by atoms with van der Waals surface area (Å²) >= 11 is 0. The minimum absolute atomic E-state index is 0.237. The second-order valence-electron chi connectivity index (χ2n) is 5.50. The minimum Gasteiger partial charge on any atom is -0.389 e. The molecule has 1 fully saturated rings. The van der Waals surface area contributed by atoms with Crippen LogP contribution in [0.5, 0.6) is 0 Å². The van der Waals surface area contributed by atoms with Gasteiger partial charge >= 0.3 is 0 Å². The highest BCUT2D eigenvalue weighted by Crippen LogP contribution is 2.25. The summed E-state index contributed by atoms with van der Waals surface area (Å²) in [6, 6.07) is 6.99. The van der Waals surface area contributed by atoms with E-state index in [0.29, 0.717) is 18.2 Å². The summed E-state index contributed by atoms with van der Waals surface area (Å²) in [5.41, 5.74) is 0.708. The fraction of sp³-hybridized carbons (Fsp3) is 0.600. The van der Waals surface area contributed by atoms with Crippen LogP contribution in [0.1, 0.15) is 38.4 Å². The number of hydrogen-bond acceptors (Lipinski definition) is 4. The molecule has 2 N–H and O–H groups in total. The molecular weight excluding hydrogens is 288 g/mol. The molecule has 5 nitrogen and oxygen atoms in total. The van der Waals surface area contributed by atoms with Gasteiger partial charge in [-0.1, -0.05) is 19.1 Å². The molecule has 118 valence electrons. The van der Waals surface area contributed by atoms with Crippen molar-refractivity contribution in [1.29, 1.82) is 0 Å². The van der Waals surface area contributed by atoms with Gasteiger partial charge in [-0.3, -0.25) is 4.90 Å². The van der Waals surface area contributed by atoms with E-state index < -0.39 is 16.1 Å². The van der Waals surface area contributed by atoms with Crippen molar-refractivity contribution in [3.63, 3.8) is 0 Å². The SMILES string of the molecule is CCN(CCNS(=O)(=O)c1ccc(C(C)O)cc1)C1CC1. The van der Waals surface area contributed by atoms with Crippen molar-refractivity contribution in [1.82, 2.24) is 9.62 Å². The van der Waals surface area contributed by atoms with E-state index in [-0.39, 0.29) is 4.90 Å². The Kier molecular flexibility index (Phi) is 5.37. The van der Waals surface area contributed by atoms with Crippen molar-refractivity contribution in [3.8, 4) is 0 Å². The Morgan fingerprint density at radius 1 is 1.33 bits per heavy atom. The lowest BCUT2D eigenvalue weighted by atomic mass is 10.1. The van der Waals surface area contributed by atoms with Gasteiger partial charge in [-0.2, -0.15) is 0 Å². The van der Waals surface area contributed by atoms with Gasteiger partial charge in [-0.25, -0.2) is 13.1 Å². The summed E-state index contributed by atoms with van der Waals surface area (Å²) in [5.74, 6) is 0. The first kappa shape index (κ1) is 16.4. The summed E-state index contributed by atoms with van der Waals surface area (Å²) in [4.78, 5) is 2.54. The lowest BCUT2D eigenvalue weighted by Crippen LogP contribution is -2.36. The number of nitrogens with zero attached hydrogens (tertiary/aromatic N) is 1. The quantitative estimate of drug-likeness (QED) is 0.763. The molecular formula is C15H24N2O3S. The van der Waals surface area contributed by atoms with Crippen LogP contribution in [0.4, 0.5) is 0 Å². The van der Waals surface area contributed by atoms with Crippen molar-refractivity contribution < 1.29 is 13.5 Å². The van der Waals surface area contributed by atoms with Gasteiger partial charge in [0.2, 0.25) is 10.0 Å². The van der Waals surface area contributed by atoms with Gasteiger partial charge in [0.1, 0.15) is 0 Å². The Morgan fingerprint density at radius 2 is 1.95 bits per heavy atom. The first-order valence-electron chi connectivity index (χ1n) is 7.45. The van der Waals surface area contributed by atoms with Crippen LogP contribution in [0, 0.1) is 0 Å². The number of rotatable bonds is 8. The van der Waals surface area contributed by atoms with Crippen LogP contribution in [0.2, 0.25) is 0 Å². The largest absolute Gasteiger partial charge is 0.389 e. The van der Waals surface area contributed by atoms with Gasteiger partial charge in [0.25, 0.3) is 0 Å². The molecule has 0 saturated heterocycles. The molecule has 0 radical (unpaired) electrons. The number of nitrogens with one attached hydrogen (secondary N) is 1. The molecule has 1 aromatic carbocycles. The van der Waals surface area contributed by atoms with Crippen LogP contribution in [0.15, 0.2) is 29.2 Å². The molecule has 0 bridgehead atoms. The third kappa shape index (κ3) is 4.51. The second-order valence-corrected chi connectivity index (χ2v) is 7.27. The number of aliphatic hydroxyl groups is 1. The molecule has 0 aromatic heterocycles. The molecule has 2 rings (SSSR count). The predicted octanol–water partition coefficient (Wildman–Crippen LogP) is 1.50. The number of aliphatic hydroxyl groups excluding tert-OH is 1. The van der Waals surface area contributed by atoms with Gasteiger partial charge < -0.3 is 5.11 Å². The molecule has 1 atom stereocenters. The Balaban J connectivity index is 1.91. The smallest absolute Gasteiger partial charge is 0.240 e. The first-order valence-corrected chi connectivity index (χ1v) is 8.94. The molecule has 1 aromatic rings. The van der Waals surface area contributed by atoms with Gasteiger partial charge in [0, 0.05) is 19.1 Å². The normalized spacial score (nSPS) is 17.1. The summed E-state index contributed by atoms with van der Waals surface area (Å²) in [6.07, 6.45) is 1.86. The lowest BCUT2D eigenvalue weighted by Gasteiger charge is -2.19. The number of sulfonamides is 1. The van der Waals surface area contributed by atoms with Gasteiger partial charge in [0.15, 0.2) is 0 Å². The summed E-state index contributed by atoms with van der Waals surface area (Å²) in [7, 11) is -3.47. The summed E-state index contributed by atoms with van der Waals surface area (Å²) in [5, 5.41) is 9.43. The third-order valence-corrected chi connectivity index (χ3v) is 5.31.